The third-order valence-corrected chi connectivity index (χ3v) is 2.94. The van der Waals surface area contributed by atoms with Crippen molar-refractivity contribution in [2.24, 2.45) is 0 Å². The van der Waals surface area contributed by atoms with E-state index in [0.29, 0.717) is 11.6 Å². The van der Waals surface area contributed by atoms with Crippen molar-refractivity contribution >= 4 is 22.8 Å². The Morgan fingerprint density at radius 1 is 1.33 bits per heavy atom. The highest BCUT2D eigenvalue weighted by Crippen LogP contribution is 2.29. The Morgan fingerprint density at radius 2 is 2.07 bits per heavy atom. The number of nitrogens with two attached hydrogens (primary N) is 1. The minimum absolute atomic E-state index is 0.374. The van der Waals surface area contributed by atoms with E-state index in [9.17, 15) is 4.79 Å². The van der Waals surface area contributed by atoms with Gasteiger partial charge in [0.15, 0.2) is 5.13 Å². The Bertz CT molecular complexity index is 465. The molecule has 0 spiro atoms. The van der Waals surface area contributed by atoms with Crippen LogP contribution in [0.25, 0.3) is 11.3 Å². The first-order chi connectivity index (χ1) is 7.31. The highest BCUT2D eigenvalue weighted by atomic mass is 32.1. The second kappa shape index (κ2) is 4.23. The molecule has 1 aromatic carbocycles. The lowest BCUT2D eigenvalue weighted by atomic mass is 10.1. The summed E-state index contributed by atoms with van der Waals surface area (Å²) in [6.07, 6.45) is 1.25. The molecule has 1 heterocycles. The summed E-state index contributed by atoms with van der Waals surface area (Å²) in [7, 11) is 0. The van der Waals surface area contributed by atoms with Crippen molar-refractivity contribution in [3.05, 3.63) is 35.2 Å². The Labute approximate surface area is 91.6 Å². The molecule has 0 aliphatic heterocycles. The zero-order chi connectivity index (χ0) is 10.7. The fourth-order valence-corrected chi connectivity index (χ4v) is 2.21. The van der Waals surface area contributed by atoms with Crippen molar-refractivity contribution in [1.29, 1.82) is 0 Å². The number of hydrogen-bond donors (Lipinski definition) is 1. The molecule has 76 valence electrons. The van der Waals surface area contributed by atoms with E-state index in [0.717, 1.165) is 22.4 Å². The zero-order valence-corrected chi connectivity index (χ0v) is 8.83. The molecule has 0 saturated heterocycles. The fourth-order valence-electron chi connectivity index (χ4n) is 1.41. The highest BCUT2D eigenvalue weighted by molar-refractivity contribution is 7.15. The maximum Gasteiger partial charge on any atom is 0.180 e. The standard InChI is InChI=1S/C11H10N2OS/c12-11-13-10(9(15-11)6-7-14)8-4-2-1-3-5-8/h1-5,7H,6H2,(H2,12,13). The number of nitrogen functional groups attached to an aromatic ring is 1. The summed E-state index contributed by atoms with van der Waals surface area (Å²) >= 11 is 1.37. The number of thiazole rings is 1. The molecule has 0 saturated carbocycles. The van der Waals surface area contributed by atoms with Gasteiger partial charge in [0.1, 0.15) is 6.29 Å². The van der Waals surface area contributed by atoms with Crippen LogP contribution in [0, 0.1) is 0 Å². The quantitative estimate of drug-likeness (QED) is 0.803. The molecule has 0 aliphatic carbocycles. The lowest BCUT2D eigenvalue weighted by Gasteiger charge is -1.97. The molecule has 2 N–H and O–H groups in total. The van der Waals surface area contributed by atoms with Gasteiger partial charge in [-0.05, 0) is 0 Å². The summed E-state index contributed by atoms with van der Waals surface area (Å²) in [5.41, 5.74) is 7.46. The van der Waals surface area contributed by atoms with Crippen LogP contribution in [-0.4, -0.2) is 11.3 Å². The van der Waals surface area contributed by atoms with Crippen LogP contribution < -0.4 is 5.73 Å². The van der Waals surface area contributed by atoms with Crippen molar-refractivity contribution in [2.45, 2.75) is 6.42 Å². The van der Waals surface area contributed by atoms with E-state index in [1.807, 2.05) is 30.3 Å². The molecular weight excluding hydrogens is 208 g/mol. The average Bonchev–Trinajstić information content (AvgIpc) is 2.62. The number of hydrogen-bond acceptors (Lipinski definition) is 4. The van der Waals surface area contributed by atoms with Crippen molar-refractivity contribution in [1.82, 2.24) is 4.98 Å². The minimum atomic E-state index is 0.374. The number of aldehydes is 1. The molecule has 0 radical (unpaired) electrons. The molecule has 3 nitrogen and oxygen atoms in total. The number of rotatable bonds is 3. The lowest BCUT2D eigenvalue weighted by Crippen LogP contribution is -1.87. The minimum Gasteiger partial charge on any atom is -0.375 e. The van der Waals surface area contributed by atoms with Crippen molar-refractivity contribution in [2.75, 3.05) is 5.73 Å². The van der Waals surface area contributed by atoms with E-state index in [-0.39, 0.29) is 0 Å². The smallest absolute Gasteiger partial charge is 0.180 e. The normalized spacial score (nSPS) is 10.1. The third kappa shape index (κ3) is 2.05. The first-order valence-electron chi connectivity index (χ1n) is 4.55. The number of carbonyl (C=O) groups excluding carboxylic acids is 1. The van der Waals surface area contributed by atoms with Gasteiger partial charge in [0.05, 0.1) is 5.69 Å². The van der Waals surface area contributed by atoms with Gasteiger partial charge in [-0.15, -0.1) is 11.3 Å². The number of nitrogens with zero attached hydrogens (tertiary/aromatic N) is 1. The first kappa shape index (κ1) is 9.86. The van der Waals surface area contributed by atoms with Crippen LogP contribution in [0.5, 0.6) is 0 Å². The molecule has 15 heavy (non-hydrogen) atoms. The SMILES string of the molecule is Nc1nc(-c2ccccc2)c(CC=O)s1. The Kier molecular flexibility index (Phi) is 2.78. The van der Waals surface area contributed by atoms with E-state index in [1.165, 1.54) is 11.3 Å². The highest BCUT2D eigenvalue weighted by Gasteiger charge is 2.10. The summed E-state index contributed by atoms with van der Waals surface area (Å²) in [6.45, 7) is 0. The van der Waals surface area contributed by atoms with Gasteiger partial charge < -0.3 is 10.5 Å². The van der Waals surface area contributed by atoms with Crippen LogP contribution in [-0.2, 0) is 11.2 Å². The summed E-state index contributed by atoms with van der Waals surface area (Å²) in [5, 5.41) is 0.505. The van der Waals surface area contributed by atoms with Crippen LogP contribution in [0.1, 0.15) is 4.88 Å². The van der Waals surface area contributed by atoms with E-state index in [4.69, 9.17) is 5.73 Å². The van der Waals surface area contributed by atoms with Crippen molar-refractivity contribution in [3.8, 4) is 11.3 Å². The second-order valence-corrected chi connectivity index (χ2v) is 4.18. The Morgan fingerprint density at radius 3 is 2.73 bits per heavy atom. The van der Waals surface area contributed by atoms with Crippen molar-refractivity contribution in [3.63, 3.8) is 0 Å². The molecule has 0 amide bonds. The summed E-state index contributed by atoms with van der Waals surface area (Å²) < 4.78 is 0. The monoisotopic (exact) mass is 218 g/mol. The van der Waals surface area contributed by atoms with E-state index < -0.39 is 0 Å². The van der Waals surface area contributed by atoms with Gasteiger partial charge in [-0.25, -0.2) is 4.98 Å². The number of benzene rings is 1. The van der Waals surface area contributed by atoms with Gasteiger partial charge in [0.25, 0.3) is 0 Å². The summed E-state index contributed by atoms with van der Waals surface area (Å²) in [6, 6.07) is 9.75. The first-order valence-corrected chi connectivity index (χ1v) is 5.37. The van der Waals surface area contributed by atoms with Gasteiger partial charge in [-0.2, -0.15) is 0 Å². The second-order valence-electron chi connectivity index (χ2n) is 3.06. The van der Waals surface area contributed by atoms with Crippen LogP contribution in [0.4, 0.5) is 5.13 Å². The summed E-state index contributed by atoms with van der Waals surface area (Å²) in [5.74, 6) is 0. The number of anilines is 1. The van der Waals surface area contributed by atoms with Crippen LogP contribution in [0.2, 0.25) is 0 Å². The van der Waals surface area contributed by atoms with Gasteiger partial charge in [0.2, 0.25) is 0 Å². The maximum absolute atomic E-state index is 10.5. The predicted molar refractivity (Wildman–Crippen MR) is 61.7 cm³/mol. The molecule has 0 aliphatic rings. The lowest BCUT2D eigenvalue weighted by molar-refractivity contribution is -0.107. The zero-order valence-electron chi connectivity index (χ0n) is 8.01. The van der Waals surface area contributed by atoms with E-state index in [1.54, 1.807) is 0 Å². The largest absolute Gasteiger partial charge is 0.375 e. The van der Waals surface area contributed by atoms with E-state index in [2.05, 4.69) is 4.98 Å². The topological polar surface area (TPSA) is 56.0 Å². The number of carbonyl (C=O) groups is 1. The van der Waals surface area contributed by atoms with Gasteiger partial charge in [0, 0.05) is 16.9 Å². The molecule has 2 aromatic rings. The molecule has 4 heteroatoms. The number of aromatic nitrogens is 1. The molecule has 0 atom stereocenters. The summed E-state index contributed by atoms with van der Waals surface area (Å²) in [4.78, 5) is 15.7. The Hall–Kier alpha value is -1.68. The molecular formula is C11H10N2OS. The van der Waals surface area contributed by atoms with Gasteiger partial charge >= 0.3 is 0 Å². The van der Waals surface area contributed by atoms with Crippen LogP contribution in [0.15, 0.2) is 30.3 Å². The fraction of sp³-hybridized carbons (Fsp3) is 0.0909. The molecule has 0 fully saturated rings. The third-order valence-electron chi connectivity index (χ3n) is 2.03. The average molecular weight is 218 g/mol. The van der Waals surface area contributed by atoms with Crippen molar-refractivity contribution < 1.29 is 4.79 Å². The van der Waals surface area contributed by atoms with Crippen LogP contribution in [0.3, 0.4) is 0 Å². The van der Waals surface area contributed by atoms with Gasteiger partial charge in [-0.3, -0.25) is 0 Å². The molecule has 2 rings (SSSR count). The van der Waals surface area contributed by atoms with Crippen LogP contribution >= 0.6 is 11.3 Å². The van der Waals surface area contributed by atoms with E-state index >= 15 is 0 Å². The Balaban J connectivity index is 2.47. The van der Waals surface area contributed by atoms with Gasteiger partial charge in [-0.1, -0.05) is 30.3 Å². The molecule has 1 aromatic heterocycles. The predicted octanol–water partition coefficient (Wildman–Crippen LogP) is 2.13. The molecule has 0 unspecified atom stereocenters. The molecule has 0 bridgehead atoms. The maximum atomic E-state index is 10.5.